The van der Waals surface area contributed by atoms with Gasteiger partial charge in [-0.05, 0) is 32.1 Å². The lowest BCUT2D eigenvalue weighted by Crippen LogP contribution is -2.29. The number of unbranched alkanes of at least 4 members (excludes halogenated alkanes) is 7. The summed E-state index contributed by atoms with van der Waals surface area (Å²) in [5.41, 5.74) is 0. The molecule has 2 atom stereocenters. The van der Waals surface area contributed by atoms with Gasteiger partial charge in [0, 0.05) is 46.7 Å². The van der Waals surface area contributed by atoms with Gasteiger partial charge in [-0.25, -0.2) is 0 Å². The Hall–Kier alpha value is -0.690. The molecule has 6 nitrogen and oxygen atoms in total. The molecule has 31 heavy (non-hydrogen) atoms. The highest BCUT2D eigenvalue weighted by Crippen LogP contribution is 2.29. The number of hydrogen-bond acceptors (Lipinski definition) is 6. The zero-order valence-corrected chi connectivity index (χ0v) is 21.2. The van der Waals surface area contributed by atoms with Gasteiger partial charge >= 0.3 is 5.97 Å². The monoisotopic (exact) mass is 446 g/mol. The average molecular weight is 447 g/mol. The van der Waals surface area contributed by atoms with Crippen LogP contribution >= 0.6 is 0 Å². The van der Waals surface area contributed by atoms with E-state index in [1.165, 1.54) is 32.8 Å². The summed E-state index contributed by atoms with van der Waals surface area (Å²) < 4.78 is 27.1. The fourth-order valence-corrected chi connectivity index (χ4v) is 4.36. The zero-order chi connectivity index (χ0) is 23.3. The third-order valence-electron chi connectivity index (χ3n) is 6.22. The van der Waals surface area contributed by atoms with Crippen molar-refractivity contribution in [2.75, 3.05) is 35.5 Å². The Bertz CT molecular complexity index is 395. The molecule has 186 valence electrons. The van der Waals surface area contributed by atoms with Gasteiger partial charge in [-0.15, -0.1) is 0 Å². The van der Waals surface area contributed by atoms with Crippen LogP contribution in [-0.4, -0.2) is 54.1 Å². The molecule has 0 N–H and O–H groups in total. The molecule has 0 saturated heterocycles. The van der Waals surface area contributed by atoms with Gasteiger partial charge in [0.1, 0.15) is 0 Å². The Morgan fingerprint density at radius 2 is 1.00 bits per heavy atom. The molecule has 0 amide bonds. The largest absolute Gasteiger partial charge is 0.469 e. The van der Waals surface area contributed by atoms with Crippen molar-refractivity contribution in [1.29, 1.82) is 0 Å². The molecule has 0 aliphatic carbocycles. The minimum Gasteiger partial charge on any atom is -0.469 e. The number of ether oxygens (including phenoxy) is 5. The van der Waals surface area contributed by atoms with Crippen LogP contribution in [0.1, 0.15) is 96.8 Å². The third-order valence-corrected chi connectivity index (χ3v) is 6.22. The Morgan fingerprint density at radius 3 is 1.42 bits per heavy atom. The van der Waals surface area contributed by atoms with Gasteiger partial charge in [-0.3, -0.25) is 4.79 Å². The molecule has 0 radical (unpaired) electrons. The lowest BCUT2D eigenvalue weighted by Gasteiger charge is -2.29. The highest BCUT2D eigenvalue weighted by Gasteiger charge is 2.26. The number of methoxy groups -OCH3 is 5. The van der Waals surface area contributed by atoms with Crippen LogP contribution in [0.25, 0.3) is 0 Å². The van der Waals surface area contributed by atoms with E-state index in [9.17, 15) is 4.79 Å². The third kappa shape index (κ3) is 14.9. The Balaban J connectivity index is 4.54. The molecule has 2 unspecified atom stereocenters. The lowest BCUT2D eigenvalue weighted by atomic mass is 9.88. The van der Waals surface area contributed by atoms with Gasteiger partial charge in [-0.1, -0.05) is 58.3 Å². The number of hydrogen-bond donors (Lipinski definition) is 0. The average Bonchev–Trinajstić information content (AvgIpc) is 2.79. The quantitative estimate of drug-likeness (QED) is 0.114. The van der Waals surface area contributed by atoms with Crippen LogP contribution in [0.5, 0.6) is 0 Å². The van der Waals surface area contributed by atoms with Crippen LogP contribution in [-0.2, 0) is 28.5 Å². The summed E-state index contributed by atoms with van der Waals surface area (Å²) in [6.07, 6.45) is 14.9. The van der Waals surface area contributed by atoms with E-state index in [0.29, 0.717) is 18.3 Å². The normalized spacial score (nSPS) is 13.7. The fraction of sp³-hybridized carbons (Fsp3) is 0.960. The number of carbonyl (C=O) groups is 1. The van der Waals surface area contributed by atoms with E-state index in [0.717, 1.165) is 57.8 Å². The van der Waals surface area contributed by atoms with Gasteiger partial charge in [-0.2, -0.15) is 0 Å². The second-order valence-electron chi connectivity index (χ2n) is 8.51. The molecule has 0 fully saturated rings. The molecule has 0 aromatic carbocycles. The molecule has 0 saturated carbocycles. The van der Waals surface area contributed by atoms with E-state index in [1.54, 1.807) is 28.4 Å². The Labute approximate surface area is 191 Å². The van der Waals surface area contributed by atoms with Crippen LogP contribution in [0, 0.1) is 11.8 Å². The Morgan fingerprint density at radius 1 is 0.581 bits per heavy atom. The number of esters is 1. The van der Waals surface area contributed by atoms with Crippen molar-refractivity contribution >= 4 is 5.97 Å². The molecule has 0 spiro atoms. The van der Waals surface area contributed by atoms with Crippen molar-refractivity contribution in [2.24, 2.45) is 11.8 Å². The summed E-state index contributed by atoms with van der Waals surface area (Å²) in [4.78, 5) is 11.2. The molecule has 0 aromatic heterocycles. The molecular formula is C25H50O6. The summed E-state index contributed by atoms with van der Waals surface area (Å²) >= 11 is 0. The predicted octanol–water partition coefficient (Wildman–Crippen LogP) is 6.11. The smallest absolute Gasteiger partial charge is 0.305 e. The highest BCUT2D eigenvalue weighted by molar-refractivity contribution is 5.68. The molecule has 0 heterocycles. The van der Waals surface area contributed by atoms with E-state index < -0.39 is 0 Å². The first-order chi connectivity index (χ1) is 15.1. The molecule has 0 bridgehead atoms. The minimum absolute atomic E-state index is 0.113. The maximum Gasteiger partial charge on any atom is 0.305 e. The van der Waals surface area contributed by atoms with E-state index >= 15 is 0 Å². The van der Waals surface area contributed by atoms with Crippen molar-refractivity contribution in [3.63, 3.8) is 0 Å². The molecule has 6 heteroatoms. The maximum atomic E-state index is 11.2. The fourth-order valence-electron chi connectivity index (χ4n) is 4.36. The highest BCUT2D eigenvalue weighted by atomic mass is 16.7. The van der Waals surface area contributed by atoms with Crippen LogP contribution in [0.3, 0.4) is 0 Å². The van der Waals surface area contributed by atoms with Gasteiger partial charge in [0.2, 0.25) is 0 Å². The van der Waals surface area contributed by atoms with Gasteiger partial charge < -0.3 is 23.7 Å². The van der Waals surface area contributed by atoms with Crippen molar-refractivity contribution in [3.05, 3.63) is 0 Å². The van der Waals surface area contributed by atoms with E-state index in [1.807, 2.05) is 0 Å². The first-order valence-corrected chi connectivity index (χ1v) is 12.3. The van der Waals surface area contributed by atoms with Gasteiger partial charge in [0.25, 0.3) is 0 Å². The SMILES string of the molecule is CCCCCCC(CCC(CCCCCCCC(=O)OC)C(OC)OC)C(OC)OC. The minimum atomic E-state index is -0.177. The van der Waals surface area contributed by atoms with E-state index in [2.05, 4.69) is 6.92 Å². The van der Waals surface area contributed by atoms with Gasteiger partial charge in [0.05, 0.1) is 7.11 Å². The zero-order valence-electron chi connectivity index (χ0n) is 21.2. The number of carbonyl (C=O) groups excluding carboxylic acids is 1. The molecule has 0 rings (SSSR count). The second kappa shape index (κ2) is 21.2. The van der Waals surface area contributed by atoms with E-state index in [-0.39, 0.29) is 18.5 Å². The van der Waals surface area contributed by atoms with Crippen LogP contribution in [0.4, 0.5) is 0 Å². The summed E-state index contributed by atoms with van der Waals surface area (Å²) in [5, 5.41) is 0. The molecule has 0 aliphatic rings. The molecule has 0 aromatic rings. The topological polar surface area (TPSA) is 63.2 Å². The summed E-state index contributed by atoms with van der Waals surface area (Å²) in [7, 11) is 8.37. The predicted molar refractivity (Wildman–Crippen MR) is 125 cm³/mol. The maximum absolute atomic E-state index is 11.2. The number of rotatable bonds is 22. The summed E-state index contributed by atoms with van der Waals surface area (Å²) in [6, 6.07) is 0. The lowest BCUT2D eigenvalue weighted by molar-refractivity contribution is -0.154. The van der Waals surface area contributed by atoms with Crippen LogP contribution in [0.2, 0.25) is 0 Å². The summed E-state index contributed by atoms with van der Waals surface area (Å²) in [6.45, 7) is 2.24. The van der Waals surface area contributed by atoms with Crippen LogP contribution in [0.15, 0.2) is 0 Å². The summed E-state index contributed by atoms with van der Waals surface area (Å²) in [5.74, 6) is 0.636. The molecule has 0 aliphatic heterocycles. The Kier molecular flexibility index (Phi) is 20.7. The standard InChI is InChI=1S/C25H50O6/c1-7-8-9-13-16-21(24(28-3)29-4)19-20-22(25(30-5)31-6)17-14-11-10-12-15-18-23(26)27-2/h21-22,24-25H,7-20H2,1-6H3. The first-order valence-electron chi connectivity index (χ1n) is 12.3. The van der Waals surface area contributed by atoms with Crippen molar-refractivity contribution < 1.29 is 28.5 Å². The van der Waals surface area contributed by atoms with Crippen molar-refractivity contribution in [2.45, 2.75) is 109 Å². The first kappa shape index (κ1) is 30.3. The van der Waals surface area contributed by atoms with Gasteiger partial charge in [0.15, 0.2) is 12.6 Å². The van der Waals surface area contributed by atoms with Crippen molar-refractivity contribution in [3.8, 4) is 0 Å². The second-order valence-corrected chi connectivity index (χ2v) is 8.51. The van der Waals surface area contributed by atoms with Crippen LogP contribution < -0.4 is 0 Å². The van der Waals surface area contributed by atoms with Crippen molar-refractivity contribution in [1.82, 2.24) is 0 Å². The molecular weight excluding hydrogens is 396 g/mol. The van der Waals surface area contributed by atoms with E-state index in [4.69, 9.17) is 23.7 Å².